The van der Waals surface area contributed by atoms with Crippen LogP contribution < -0.4 is 0 Å². The molecule has 1 amide bonds. The largest absolute Gasteiger partial charge is 0.338 e. The Kier molecular flexibility index (Phi) is 6.44. The molecule has 1 aliphatic heterocycles. The van der Waals surface area contributed by atoms with E-state index in [2.05, 4.69) is 10.2 Å². The average Bonchev–Trinajstić information content (AvgIpc) is 3.24. The van der Waals surface area contributed by atoms with Gasteiger partial charge in [-0.1, -0.05) is 43.8 Å². The van der Waals surface area contributed by atoms with Crippen LogP contribution in [-0.2, 0) is 14.6 Å². The number of rotatable bonds is 7. The summed E-state index contributed by atoms with van der Waals surface area (Å²) < 4.78 is 25.6. The lowest BCUT2D eigenvalue weighted by Crippen LogP contribution is -2.44. The van der Waals surface area contributed by atoms with E-state index in [1.165, 1.54) is 11.8 Å². The molecule has 1 saturated heterocycles. The normalized spacial score (nSPS) is 18.5. The lowest BCUT2D eigenvalue weighted by molar-refractivity contribution is -0.130. The summed E-state index contributed by atoms with van der Waals surface area (Å²) in [7, 11) is -3.04. The van der Waals surface area contributed by atoms with Crippen molar-refractivity contribution in [2.24, 2.45) is 5.92 Å². The average molecular weight is 423 g/mol. The Hall–Kier alpha value is -1.87. The van der Waals surface area contributed by atoms with Gasteiger partial charge in [-0.25, -0.2) is 8.42 Å². The second-order valence-electron chi connectivity index (χ2n) is 7.56. The highest BCUT2D eigenvalue weighted by Crippen LogP contribution is 2.24. The first kappa shape index (κ1) is 20.9. The third kappa shape index (κ3) is 4.94. The van der Waals surface area contributed by atoms with Crippen LogP contribution in [0, 0.1) is 12.8 Å². The number of hydrogen-bond acceptors (Lipinski definition) is 6. The van der Waals surface area contributed by atoms with Crippen molar-refractivity contribution < 1.29 is 13.2 Å². The van der Waals surface area contributed by atoms with E-state index in [1.54, 1.807) is 11.2 Å². The summed E-state index contributed by atoms with van der Waals surface area (Å²) in [6.45, 7) is 6.64. The fourth-order valence-electron chi connectivity index (χ4n) is 3.40. The van der Waals surface area contributed by atoms with Gasteiger partial charge in [0.05, 0.1) is 22.9 Å². The van der Waals surface area contributed by atoms with Gasteiger partial charge in [0, 0.05) is 12.6 Å². The molecular formula is C19H26N4O3S2. The molecule has 0 radical (unpaired) electrons. The van der Waals surface area contributed by atoms with Crippen LogP contribution in [0.2, 0.25) is 0 Å². The van der Waals surface area contributed by atoms with Crippen molar-refractivity contribution in [1.29, 1.82) is 0 Å². The van der Waals surface area contributed by atoms with Gasteiger partial charge >= 0.3 is 0 Å². The minimum atomic E-state index is -3.04. The first-order valence-electron chi connectivity index (χ1n) is 9.35. The molecule has 2 aromatic rings. The Labute approximate surface area is 170 Å². The molecule has 1 fully saturated rings. The molecule has 0 aliphatic carbocycles. The van der Waals surface area contributed by atoms with Crippen LogP contribution in [0.25, 0.3) is 5.69 Å². The van der Waals surface area contributed by atoms with Crippen LogP contribution in [0.5, 0.6) is 0 Å². The molecule has 7 nitrogen and oxygen atoms in total. The summed E-state index contributed by atoms with van der Waals surface area (Å²) in [5.41, 5.74) is 2.07. The van der Waals surface area contributed by atoms with Crippen molar-refractivity contribution >= 4 is 27.5 Å². The highest BCUT2D eigenvalue weighted by atomic mass is 32.2. The van der Waals surface area contributed by atoms with Crippen LogP contribution in [0.15, 0.2) is 35.7 Å². The van der Waals surface area contributed by atoms with E-state index in [9.17, 15) is 13.2 Å². The Morgan fingerprint density at radius 3 is 2.75 bits per heavy atom. The van der Waals surface area contributed by atoms with Crippen molar-refractivity contribution in [3.63, 3.8) is 0 Å². The molecule has 1 aromatic carbocycles. The molecule has 0 unspecified atom stereocenters. The number of nitrogens with zero attached hydrogens (tertiary/aromatic N) is 4. The van der Waals surface area contributed by atoms with Gasteiger partial charge in [-0.15, -0.1) is 10.2 Å². The zero-order valence-corrected chi connectivity index (χ0v) is 18.0. The number of benzene rings is 1. The van der Waals surface area contributed by atoms with Crippen LogP contribution in [0.1, 0.15) is 25.8 Å². The third-order valence-corrected chi connectivity index (χ3v) is 7.43. The van der Waals surface area contributed by atoms with Gasteiger partial charge in [0.2, 0.25) is 5.91 Å². The maximum Gasteiger partial charge on any atom is 0.233 e. The lowest BCUT2D eigenvalue weighted by Gasteiger charge is -2.29. The Bertz CT molecular complexity index is 940. The minimum Gasteiger partial charge on any atom is -0.338 e. The Morgan fingerprint density at radius 2 is 2.11 bits per heavy atom. The zero-order valence-electron chi connectivity index (χ0n) is 16.4. The summed E-state index contributed by atoms with van der Waals surface area (Å²) in [4.78, 5) is 14.7. The summed E-state index contributed by atoms with van der Waals surface area (Å²) in [6, 6.07) is 7.69. The molecule has 1 atom stereocenters. The van der Waals surface area contributed by atoms with E-state index >= 15 is 0 Å². The maximum absolute atomic E-state index is 12.9. The number of hydrogen-bond donors (Lipinski definition) is 0. The highest BCUT2D eigenvalue weighted by molar-refractivity contribution is 7.99. The van der Waals surface area contributed by atoms with Gasteiger partial charge in [0.1, 0.15) is 6.33 Å². The molecule has 0 bridgehead atoms. The van der Waals surface area contributed by atoms with E-state index in [1.807, 2.05) is 49.6 Å². The van der Waals surface area contributed by atoms with Crippen molar-refractivity contribution in [1.82, 2.24) is 19.7 Å². The van der Waals surface area contributed by atoms with Gasteiger partial charge < -0.3 is 4.90 Å². The topological polar surface area (TPSA) is 85.2 Å². The number of carbonyl (C=O) groups excluding carboxylic acids is 1. The van der Waals surface area contributed by atoms with Gasteiger partial charge in [0.25, 0.3) is 0 Å². The molecule has 1 aliphatic rings. The monoisotopic (exact) mass is 422 g/mol. The number of aromatic nitrogens is 3. The Balaban J connectivity index is 1.72. The van der Waals surface area contributed by atoms with Crippen molar-refractivity contribution in [3.05, 3.63) is 36.2 Å². The number of aryl methyl sites for hydroxylation is 1. The van der Waals surface area contributed by atoms with E-state index in [0.717, 1.165) is 11.3 Å². The quantitative estimate of drug-likeness (QED) is 0.637. The predicted octanol–water partition coefficient (Wildman–Crippen LogP) is 2.34. The number of thioether (sulfide) groups is 1. The van der Waals surface area contributed by atoms with E-state index in [4.69, 9.17) is 0 Å². The molecule has 152 valence electrons. The zero-order chi connectivity index (χ0) is 20.3. The van der Waals surface area contributed by atoms with E-state index in [-0.39, 0.29) is 35.1 Å². The fraction of sp³-hybridized carbons (Fsp3) is 0.526. The molecule has 1 aromatic heterocycles. The highest BCUT2D eigenvalue weighted by Gasteiger charge is 2.34. The Morgan fingerprint density at radius 1 is 1.36 bits per heavy atom. The molecule has 0 saturated carbocycles. The molecule has 0 N–H and O–H groups in total. The minimum absolute atomic E-state index is 0.0554. The number of amides is 1. The summed E-state index contributed by atoms with van der Waals surface area (Å²) in [5, 5.41) is 8.80. The second kappa shape index (κ2) is 8.65. The maximum atomic E-state index is 12.9. The first-order chi connectivity index (χ1) is 13.3. The third-order valence-electron chi connectivity index (χ3n) is 4.75. The molecular weight excluding hydrogens is 396 g/mol. The fourth-order valence-corrected chi connectivity index (χ4v) is 5.94. The van der Waals surface area contributed by atoms with Gasteiger partial charge in [-0.05, 0) is 30.9 Å². The van der Waals surface area contributed by atoms with Crippen molar-refractivity contribution in [2.75, 3.05) is 23.8 Å². The van der Waals surface area contributed by atoms with Crippen LogP contribution in [0.3, 0.4) is 0 Å². The SMILES string of the molecule is Cc1ccccc1-n1cnnc1SCC(=O)N(CC(C)C)[C@@H]1CCS(=O)(=O)C1. The number of carbonyl (C=O) groups is 1. The van der Waals surface area contributed by atoms with Gasteiger partial charge in [-0.3, -0.25) is 9.36 Å². The summed E-state index contributed by atoms with van der Waals surface area (Å²) in [5.74, 6) is 0.644. The van der Waals surface area contributed by atoms with E-state index in [0.29, 0.717) is 18.1 Å². The van der Waals surface area contributed by atoms with Crippen molar-refractivity contribution in [3.8, 4) is 5.69 Å². The van der Waals surface area contributed by atoms with Gasteiger partial charge in [-0.2, -0.15) is 0 Å². The molecule has 9 heteroatoms. The number of para-hydroxylation sites is 1. The molecule has 2 heterocycles. The van der Waals surface area contributed by atoms with Crippen LogP contribution in [0.4, 0.5) is 0 Å². The molecule has 3 rings (SSSR count). The standard InChI is InChI=1S/C19H26N4O3S2/c1-14(2)10-22(16-8-9-28(25,26)12-16)18(24)11-27-19-21-20-13-23(19)17-7-5-4-6-15(17)3/h4-7,13-14,16H,8-12H2,1-3H3/t16-/m1/s1. The van der Waals surface area contributed by atoms with Crippen LogP contribution in [-0.4, -0.2) is 63.8 Å². The summed E-state index contributed by atoms with van der Waals surface area (Å²) >= 11 is 1.33. The lowest BCUT2D eigenvalue weighted by atomic mass is 10.1. The van der Waals surface area contributed by atoms with Crippen molar-refractivity contribution in [2.45, 2.75) is 38.4 Å². The smallest absolute Gasteiger partial charge is 0.233 e. The molecule has 0 spiro atoms. The van der Waals surface area contributed by atoms with Crippen LogP contribution >= 0.6 is 11.8 Å². The van der Waals surface area contributed by atoms with Gasteiger partial charge in [0.15, 0.2) is 15.0 Å². The summed E-state index contributed by atoms with van der Waals surface area (Å²) in [6.07, 6.45) is 2.16. The second-order valence-corrected chi connectivity index (χ2v) is 10.7. The van der Waals surface area contributed by atoms with E-state index < -0.39 is 9.84 Å². The molecule has 28 heavy (non-hydrogen) atoms. The predicted molar refractivity (Wildman–Crippen MR) is 110 cm³/mol. The first-order valence-corrected chi connectivity index (χ1v) is 12.2. The number of sulfone groups is 1.